The summed E-state index contributed by atoms with van der Waals surface area (Å²) < 4.78 is 0. The highest BCUT2D eigenvalue weighted by Gasteiger charge is 0.316. The smallest absolute Gasteiger partial charge is 0.316 e. The minimum absolute atomic E-state index is 0. The van der Waals surface area contributed by atoms with Crippen LogP contribution >= 0.6 is 13.5 Å². The second-order valence-electron chi connectivity index (χ2n) is 0. The Hall–Kier alpha value is 1.04. The molecule has 0 rings (SSSR count). The fraction of sp³-hybridized carbons (Fsp3) is 0. The maximum atomic E-state index is 0. The fourth-order valence-corrected chi connectivity index (χ4v) is 0. The first-order valence-corrected chi connectivity index (χ1v) is 0. The van der Waals surface area contributed by atoms with E-state index in [1.807, 2.05) is 0 Å². The second-order valence-corrected chi connectivity index (χ2v) is 0. The Morgan fingerprint density at radius 3 is 0.750 bits per heavy atom. The molecule has 0 radical (unpaired) electrons. The van der Waals surface area contributed by atoms with E-state index in [2.05, 4.69) is 0 Å². The number of rotatable bonds is 0. The Morgan fingerprint density at radius 2 is 0.750 bits per heavy atom. The van der Waals surface area contributed by atoms with Gasteiger partial charge < -0.3 is 11.0 Å². The topological polar surface area (TPSA) is 63.0 Å². The van der Waals surface area contributed by atoms with Gasteiger partial charge in [0.05, 0.1) is 0 Å². The molecule has 0 saturated carbocycles. The van der Waals surface area contributed by atoms with Gasteiger partial charge in [-0.15, -0.1) is 0 Å². The van der Waals surface area contributed by atoms with Gasteiger partial charge in [-0.2, -0.15) is 13.5 Å². The highest BCUT2D eigenvalue weighted by atomic mass is 32.1. The average molecular weight is 96.4 g/mol. The summed E-state index contributed by atoms with van der Waals surface area (Å²) in [6.45, 7) is 0. The Morgan fingerprint density at radius 1 is 0.750 bits per heavy atom. The summed E-state index contributed by atoms with van der Waals surface area (Å²) in [7, 11) is 0. The highest BCUT2D eigenvalue weighted by molar-refractivity contribution is 7.59. The van der Waals surface area contributed by atoms with Gasteiger partial charge in [-0.05, 0) is 0 Å². The van der Waals surface area contributed by atoms with Crippen molar-refractivity contribution in [2.75, 3.05) is 0 Å². The van der Waals surface area contributed by atoms with Crippen molar-refractivity contribution >= 4 is 36.5 Å². The maximum Gasteiger partial charge on any atom is 0.316 e. The lowest BCUT2D eigenvalue weighted by molar-refractivity contribution is 0.823. The molecule has 0 unspecified atom stereocenters. The Kier molecular flexibility index (Phi) is 662. The van der Waals surface area contributed by atoms with Crippen LogP contribution in [0.3, 0.4) is 0 Å². The average Bonchev–Trinajstić information content (AvgIpc) is 0. The van der Waals surface area contributed by atoms with Gasteiger partial charge in [0.1, 0.15) is 0 Å². The van der Waals surface area contributed by atoms with Crippen molar-refractivity contribution in [1.29, 1.82) is 0 Å². The first-order chi connectivity index (χ1) is 0. The van der Waals surface area contributed by atoms with E-state index in [9.17, 15) is 0 Å². The number of hydrogen-bond acceptors (Lipinski definition) is 0. The SMILES string of the molecule is O.O.S.[MgH2]. The monoisotopic (exact) mass is 96.0 g/mol. The molecule has 2 nitrogen and oxygen atoms in total. The molecular weight excluding hydrogens is 88.4 g/mol. The van der Waals surface area contributed by atoms with Crippen LogP contribution in [0.5, 0.6) is 0 Å². The highest BCUT2D eigenvalue weighted by Crippen LogP contribution is 0.648. The van der Waals surface area contributed by atoms with Crippen LogP contribution in [0.15, 0.2) is 0 Å². The first-order valence-electron chi connectivity index (χ1n) is 0. The zero-order chi connectivity index (χ0) is 0. The predicted molar refractivity (Wildman–Crippen MR) is 26.2 cm³/mol. The summed E-state index contributed by atoms with van der Waals surface area (Å²) in [5.74, 6) is 0. The minimum Gasteiger partial charge on any atom is -0.412 e. The lowest BCUT2D eigenvalue weighted by Gasteiger charge is -0.413. The number of hydrogen-bond donors (Lipinski definition) is 0. The molecule has 0 aliphatic rings. The van der Waals surface area contributed by atoms with E-state index in [0.29, 0.717) is 0 Å². The normalized spacial score (nSPS) is 0. The van der Waals surface area contributed by atoms with Crippen LogP contribution < -0.4 is 0 Å². The Bertz CT molecular complexity index is 6.00. The molecular formula is H8MgO2S. The van der Waals surface area contributed by atoms with Gasteiger partial charge in [0.2, 0.25) is 0 Å². The molecule has 0 aliphatic heterocycles. The third kappa shape index (κ3) is 11.7. The van der Waals surface area contributed by atoms with Gasteiger partial charge >= 0.3 is 23.1 Å². The summed E-state index contributed by atoms with van der Waals surface area (Å²) in [5, 5.41) is 0. The lowest BCUT2D eigenvalue weighted by atomic mass is 16.0. The van der Waals surface area contributed by atoms with E-state index in [-0.39, 0.29) is 47.5 Å². The molecule has 0 aromatic heterocycles. The third-order valence-electron chi connectivity index (χ3n) is 0. The summed E-state index contributed by atoms with van der Waals surface area (Å²) in [6.07, 6.45) is 0. The fourth-order valence-electron chi connectivity index (χ4n) is 0. The molecule has 0 heterocycles. The van der Waals surface area contributed by atoms with Crippen LogP contribution in [0.1, 0.15) is 0 Å². The van der Waals surface area contributed by atoms with Crippen molar-refractivity contribution in [2.45, 2.75) is 0 Å². The van der Waals surface area contributed by atoms with Gasteiger partial charge in [-0.25, -0.2) is 0 Å². The standard InChI is InChI=1S/Mg.2H2O.H2S.2H/h;3*1H2;;. The second kappa shape index (κ2) is 34.7. The first kappa shape index (κ1) is 76.4. The molecule has 4 heavy (non-hydrogen) atoms. The predicted octanol–water partition coefficient (Wildman–Crippen LogP) is -2.45. The summed E-state index contributed by atoms with van der Waals surface area (Å²) in [5.41, 5.74) is 0. The van der Waals surface area contributed by atoms with Crippen molar-refractivity contribution in [2.24, 2.45) is 0 Å². The van der Waals surface area contributed by atoms with E-state index in [4.69, 9.17) is 0 Å². The van der Waals surface area contributed by atoms with E-state index in [0.717, 1.165) is 0 Å². The van der Waals surface area contributed by atoms with Crippen LogP contribution in [0, 0.1) is 0 Å². The van der Waals surface area contributed by atoms with Crippen LogP contribution in [0.25, 0.3) is 0 Å². The van der Waals surface area contributed by atoms with Crippen molar-refractivity contribution in [3.8, 4) is 0 Å². The van der Waals surface area contributed by atoms with Gasteiger partial charge in [-0.3, -0.25) is 0 Å². The molecule has 0 aromatic carbocycles. The molecule has 0 atom stereocenters. The molecule has 0 bridgehead atoms. The van der Waals surface area contributed by atoms with Gasteiger partial charge in [-0.1, -0.05) is 0 Å². The van der Waals surface area contributed by atoms with E-state index < -0.39 is 0 Å². The molecule has 0 amide bonds. The molecule has 4 N–H and O–H groups in total. The van der Waals surface area contributed by atoms with Crippen LogP contribution in [-0.4, -0.2) is 34.0 Å². The van der Waals surface area contributed by atoms with Crippen LogP contribution in [0.2, 0.25) is 0 Å². The largest absolute Gasteiger partial charge is 0.412 e. The van der Waals surface area contributed by atoms with Gasteiger partial charge in [0, 0.05) is 0 Å². The molecule has 4 heteroatoms. The lowest BCUT2D eigenvalue weighted by Crippen LogP contribution is -0.381. The summed E-state index contributed by atoms with van der Waals surface area (Å²) >= 11 is 0. The van der Waals surface area contributed by atoms with Gasteiger partial charge in [0.25, 0.3) is 0 Å². The molecule has 0 aromatic rings. The van der Waals surface area contributed by atoms with E-state index in [1.165, 1.54) is 0 Å². The Balaban J connectivity index is 0. The molecule has 0 saturated heterocycles. The quantitative estimate of drug-likeness (QED) is 0.301. The molecule has 28 valence electrons. The van der Waals surface area contributed by atoms with E-state index in [1.54, 1.807) is 0 Å². The zero-order valence-corrected chi connectivity index (χ0v) is 2.50. The molecule has 0 fully saturated rings. The van der Waals surface area contributed by atoms with Crippen molar-refractivity contribution in [1.82, 2.24) is 0 Å². The van der Waals surface area contributed by atoms with Crippen LogP contribution in [-0.2, 0) is 0 Å². The van der Waals surface area contributed by atoms with Crippen molar-refractivity contribution < 1.29 is 11.0 Å². The van der Waals surface area contributed by atoms with Gasteiger partial charge in [0.15, 0.2) is 0 Å². The van der Waals surface area contributed by atoms with E-state index >= 15 is 0 Å². The van der Waals surface area contributed by atoms with Crippen molar-refractivity contribution in [3.05, 3.63) is 0 Å². The maximum absolute atomic E-state index is 0. The minimum atomic E-state index is 0. The third-order valence-corrected chi connectivity index (χ3v) is 0. The Labute approximate surface area is 47.8 Å². The summed E-state index contributed by atoms with van der Waals surface area (Å²) in [4.78, 5) is 0. The van der Waals surface area contributed by atoms with Crippen molar-refractivity contribution in [3.63, 3.8) is 0 Å². The summed E-state index contributed by atoms with van der Waals surface area (Å²) in [6, 6.07) is 0. The molecule has 0 aliphatic carbocycles. The van der Waals surface area contributed by atoms with Crippen LogP contribution in [0.4, 0.5) is 0 Å². The molecule has 0 spiro atoms. The zero-order valence-electron chi connectivity index (χ0n) is 1.50.